The summed E-state index contributed by atoms with van der Waals surface area (Å²) in [6.07, 6.45) is 0.901. The van der Waals surface area contributed by atoms with E-state index in [9.17, 15) is 9.59 Å². The van der Waals surface area contributed by atoms with Gasteiger partial charge in [-0.1, -0.05) is 19.1 Å². The normalized spacial score (nSPS) is 20.3. The molecule has 5 nitrogen and oxygen atoms in total. The van der Waals surface area contributed by atoms with Crippen LogP contribution in [0, 0.1) is 0 Å². The van der Waals surface area contributed by atoms with Crippen molar-refractivity contribution in [3.63, 3.8) is 0 Å². The molecule has 1 fully saturated rings. The minimum atomic E-state index is -0.493. The van der Waals surface area contributed by atoms with Gasteiger partial charge in [-0.25, -0.2) is 4.79 Å². The van der Waals surface area contributed by atoms with E-state index in [-0.39, 0.29) is 29.8 Å². The molecule has 0 aliphatic carbocycles. The van der Waals surface area contributed by atoms with Gasteiger partial charge >= 0.3 is 5.97 Å². The van der Waals surface area contributed by atoms with Crippen molar-refractivity contribution in [2.24, 2.45) is 0 Å². The SMILES string of the molecule is CCC1SCC(C(=O)OC(C)C)N1C(=O)Cc1ccc(OC)cc1. The third-order valence-electron chi connectivity index (χ3n) is 3.87. The number of rotatable bonds is 6. The molecule has 1 aliphatic heterocycles. The summed E-state index contributed by atoms with van der Waals surface area (Å²) in [5.74, 6) is 1.00. The number of hydrogen-bond donors (Lipinski definition) is 0. The molecule has 2 atom stereocenters. The molecule has 1 amide bonds. The van der Waals surface area contributed by atoms with E-state index in [4.69, 9.17) is 9.47 Å². The summed E-state index contributed by atoms with van der Waals surface area (Å²) in [4.78, 5) is 26.8. The van der Waals surface area contributed by atoms with E-state index < -0.39 is 6.04 Å². The van der Waals surface area contributed by atoms with E-state index in [0.29, 0.717) is 5.75 Å². The number of carbonyl (C=O) groups excluding carboxylic acids is 2. The number of amides is 1. The van der Waals surface area contributed by atoms with Crippen molar-refractivity contribution in [3.8, 4) is 5.75 Å². The predicted octanol–water partition coefficient (Wildman–Crippen LogP) is 2.87. The molecule has 24 heavy (non-hydrogen) atoms. The lowest BCUT2D eigenvalue weighted by Crippen LogP contribution is -2.47. The maximum Gasteiger partial charge on any atom is 0.330 e. The molecular formula is C18H25NO4S. The highest BCUT2D eigenvalue weighted by Crippen LogP contribution is 2.32. The van der Waals surface area contributed by atoms with Crippen molar-refractivity contribution in [1.29, 1.82) is 0 Å². The fraction of sp³-hybridized carbons (Fsp3) is 0.556. The number of nitrogens with zero attached hydrogens (tertiary/aromatic N) is 1. The van der Waals surface area contributed by atoms with E-state index in [1.54, 1.807) is 23.8 Å². The van der Waals surface area contributed by atoms with Gasteiger partial charge in [0.25, 0.3) is 0 Å². The van der Waals surface area contributed by atoms with Gasteiger partial charge in [0.05, 0.1) is 25.0 Å². The standard InChI is InChI=1S/C18H25NO4S/c1-5-17-19(15(11-24-17)18(21)23-12(2)3)16(20)10-13-6-8-14(22-4)9-7-13/h6-9,12,15,17H,5,10-11H2,1-4H3. The molecule has 2 unspecified atom stereocenters. The van der Waals surface area contributed by atoms with E-state index in [2.05, 4.69) is 0 Å². The topological polar surface area (TPSA) is 55.8 Å². The Balaban J connectivity index is 2.11. The molecule has 1 aromatic carbocycles. The first-order valence-corrected chi connectivity index (χ1v) is 9.27. The van der Waals surface area contributed by atoms with Gasteiger partial charge in [-0.3, -0.25) is 4.79 Å². The Morgan fingerprint density at radius 1 is 1.29 bits per heavy atom. The van der Waals surface area contributed by atoms with Crippen LogP contribution in [0.3, 0.4) is 0 Å². The molecule has 1 aliphatic rings. The van der Waals surface area contributed by atoms with Crippen LogP contribution >= 0.6 is 11.8 Å². The lowest BCUT2D eigenvalue weighted by molar-refractivity contribution is -0.157. The minimum Gasteiger partial charge on any atom is -0.497 e. The third kappa shape index (κ3) is 4.44. The van der Waals surface area contributed by atoms with Crippen molar-refractivity contribution in [3.05, 3.63) is 29.8 Å². The molecule has 0 N–H and O–H groups in total. The molecule has 1 heterocycles. The molecule has 0 bridgehead atoms. The highest BCUT2D eigenvalue weighted by atomic mass is 32.2. The van der Waals surface area contributed by atoms with Gasteiger partial charge in [0.15, 0.2) is 0 Å². The third-order valence-corrected chi connectivity index (χ3v) is 5.32. The van der Waals surface area contributed by atoms with E-state index in [1.807, 2.05) is 45.0 Å². The zero-order valence-corrected chi connectivity index (χ0v) is 15.5. The van der Waals surface area contributed by atoms with Crippen LogP contribution in [0.15, 0.2) is 24.3 Å². The molecule has 0 radical (unpaired) electrons. The molecule has 132 valence electrons. The maximum absolute atomic E-state index is 12.8. The van der Waals surface area contributed by atoms with Crippen molar-refractivity contribution >= 4 is 23.6 Å². The minimum absolute atomic E-state index is 0.0282. The van der Waals surface area contributed by atoms with Crippen molar-refractivity contribution < 1.29 is 19.1 Å². The second-order valence-electron chi connectivity index (χ2n) is 6.02. The maximum atomic E-state index is 12.8. The number of benzene rings is 1. The average molecular weight is 351 g/mol. The molecule has 0 spiro atoms. The predicted molar refractivity (Wildman–Crippen MR) is 95.1 cm³/mol. The van der Waals surface area contributed by atoms with Gasteiger partial charge < -0.3 is 14.4 Å². The van der Waals surface area contributed by atoms with Crippen LogP contribution in [0.25, 0.3) is 0 Å². The van der Waals surface area contributed by atoms with Crippen LogP contribution in [0.4, 0.5) is 0 Å². The first kappa shape index (κ1) is 18.6. The van der Waals surface area contributed by atoms with E-state index in [0.717, 1.165) is 17.7 Å². The van der Waals surface area contributed by atoms with Crippen LogP contribution in [-0.4, -0.2) is 47.2 Å². The lowest BCUT2D eigenvalue weighted by Gasteiger charge is -2.28. The Bertz CT molecular complexity index is 573. The summed E-state index contributed by atoms with van der Waals surface area (Å²) in [5.41, 5.74) is 0.906. The Morgan fingerprint density at radius 3 is 2.50 bits per heavy atom. The van der Waals surface area contributed by atoms with Gasteiger partial charge in [0, 0.05) is 5.75 Å². The number of methoxy groups -OCH3 is 1. The Kier molecular flexibility index (Phi) is 6.54. The van der Waals surface area contributed by atoms with Crippen molar-refractivity contribution in [2.75, 3.05) is 12.9 Å². The summed E-state index contributed by atoms with van der Waals surface area (Å²) in [5, 5.41) is 0.0282. The summed E-state index contributed by atoms with van der Waals surface area (Å²) in [6, 6.07) is 6.94. The van der Waals surface area contributed by atoms with Gasteiger partial charge in [-0.15, -0.1) is 11.8 Å². The molecule has 2 rings (SSSR count). The second-order valence-corrected chi connectivity index (χ2v) is 7.23. The second kappa shape index (κ2) is 8.42. The first-order chi connectivity index (χ1) is 11.5. The molecular weight excluding hydrogens is 326 g/mol. The number of hydrogen-bond acceptors (Lipinski definition) is 5. The number of esters is 1. The van der Waals surface area contributed by atoms with E-state index in [1.165, 1.54) is 0 Å². The summed E-state index contributed by atoms with van der Waals surface area (Å²) >= 11 is 1.64. The fourth-order valence-corrected chi connectivity index (χ4v) is 4.08. The number of carbonyl (C=O) groups is 2. The van der Waals surface area contributed by atoms with Crippen LogP contribution < -0.4 is 4.74 Å². The number of ether oxygens (including phenoxy) is 2. The van der Waals surface area contributed by atoms with Crippen molar-refractivity contribution in [1.82, 2.24) is 4.90 Å². The quantitative estimate of drug-likeness (QED) is 0.738. The first-order valence-electron chi connectivity index (χ1n) is 8.22. The number of thioether (sulfide) groups is 1. The largest absolute Gasteiger partial charge is 0.497 e. The summed E-state index contributed by atoms with van der Waals surface area (Å²) in [7, 11) is 1.61. The molecule has 0 aromatic heterocycles. The van der Waals surface area contributed by atoms with Crippen LogP contribution in [0.1, 0.15) is 32.8 Å². The fourth-order valence-electron chi connectivity index (χ4n) is 2.71. The average Bonchev–Trinajstić information content (AvgIpc) is 2.99. The highest BCUT2D eigenvalue weighted by molar-refractivity contribution is 8.00. The van der Waals surface area contributed by atoms with Crippen molar-refractivity contribution in [2.45, 2.75) is 51.1 Å². The Morgan fingerprint density at radius 2 is 1.96 bits per heavy atom. The monoisotopic (exact) mass is 351 g/mol. The Labute approximate surface area is 147 Å². The van der Waals surface area contributed by atoms with Gasteiger partial charge in [0.2, 0.25) is 5.91 Å². The molecule has 1 aromatic rings. The smallest absolute Gasteiger partial charge is 0.330 e. The van der Waals surface area contributed by atoms with Crippen LogP contribution in [-0.2, 0) is 20.7 Å². The van der Waals surface area contributed by atoms with Crippen LogP contribution in [0.2, 0.25) is 0 Å². The summed E-state index contributed by atoms with van der Waals surface area (Å²) < 4.78 is 10.5. The Hall–Kier alpha value is -1.69. The zero-order chi connectivity index (χ0) is 17.7. The van der Waals surface area contributed by atoms with Gasteiger partial charge in [-0.05, 0) is 38.0 Å². The molecule has 1 saturated heterocycles. The summed E-state index contributed by atoms with van der Waals surface area (Å²) in [6.45, 7) is 5.67. The molecule has 0 saturated carbocycles. The highest BCUT2D eigenvalue weighted by Gasteiger charge is 2.41. The van der Waals surface area contributed by atoms with E-state index >= 15 is 0 Å². The van der Waals surface area contributed by atoms with Gasteiger partial charge in [0.1, 0.15) is 11.8 Å². The molecule has 6 heteroatoms. The zero-order valence-electron chi connectivity index (χ0n) is 14.7. The lowest BCUT2D eigenvalue weighted by atomic mass is 10.1. The van der Waals surface area contributed by atoms with Gasteiger partial charge in [-0.2, -0.15) is 0 Å². The van der Waals surface area contributed by atoms with Crippen LogP contribution in [0.5, 0.6) is 5.75 Å².